The van der Waals surface area contributed by atoms with Crippen LogP contribution in [0.3, 0.4) is 0 Å². The van der Waals surface area contributed by atoms with Crippen molar-refractivity contribution in [3.8, 4) is 5.75 Å². The van der Waals surface area contributed by atoms with Gasteiger partial charge in [-0.15, -0.1) is 12.4 Å². The highest BCUT2D eigenvalue weighted by Gasteiger charge is 2.32. The molecule has 1 heterocycles. The normalized spacial score (nSPS) is 23.2. The third-order valence-electron chi connectivity index (χ3n) is 3.78. The molecule has 0 radical (unpaired) electrons. The maximum atomic E-state index is 5.84. The average molecular weight is 350 g/mol. The summed E-state index contributed by atoms with van der Waals surface area (Å²) in [5.74, 6) is 0.943. The van der Waals surface area contributed by atoms with Gasteiger partial charge in [-0.25, -0.2) is 0 Å². The van der Waals surface area contributed by atoms with Gasteiger partial charge in [-0.3, -0.25) is 4.90 Å². The number of hydrogen-bond donors (Lipinski definition) is 1. The number of benzene rings is 1. The molecule has 0 spiro atoms. The van der Waals surface area contributed by atoms with E-state index in [1.165, 1.54) is 12.0 Å². The number of halogens is 2. The van der Waals surface area contributed by atoms with Gasteiger partial charge in [0.05, 0.1) is 11.6 Å². The molecule has 1 unspecified atom stereocenters. The van der Waals surface area contributed by atoms with E-state index in [0.29, 0.717) is 0 Å². The van der Waals surface area contributed by atoms with Crippen LogP contribution in [0.1, 0.15) is 18.9 Å². The smallest absolute Gasteiger partial charge is 0.137 e. The number of hydrogen-bond acceptors (Lipinski definition) is 3. The first-order valence-electron chi connectivity index (χ1n) is 6.32. The highest BCUT2D eigenvalue weighted by Crippen LogP contribution is 2.33. The SMILES string of the molecule is COc1c(Br)cccc1CN1CCC(C)(CN)C1.Cl. The summed E-state index contributed by atoms with van der Waals surface area (Å²) < 4.78 is 6.48. The summed E-state index contributed by atoms with van der Waals surface area (Å²) in [6, 6.07) is 6.19. The largest absolute Gasteiger partial charge is 0.495 e. The summed E-state index contributed by atoms with van der Waals surface area (Å²) in [6.07, 6.45) is 1.18. The van der Waals surface area contributed by atoms with Gasteiger partial charge in [0, 0.05) is 18.7 Å². The third-order valence-corrected chi connectivity index (χ3v) is 4.40. The maximum absolute atomic E-state index is 5.84. The van der Waals surface area contributed by atoms with E-state index < -0.39 is 0 Å². The number of nitrogens with zero attached hydrogens (tertiary/aromatic N) is 1. The molecule has 1 atom stereocenters. The monoisotopic (exact) mass is 348 g/mol. The van der Waals surface area contributed by atoms with Crippen LogP contribution in [0.15, 0.2) is 22.7 Å². The van der Waals surface area contributed by atoms with Crippen LogP contribution in [-0.2, 0) is 6.54 Å². The van der Waals surface area contributed by atoms with Gasteiger partial charge in [0.25, 0.3) is 0 Å². The van der Waals surface area contributed by atoms with Gasteiger partial charge in [0.1, 0.15) is 5.75 Å². The number of methoxy groups -OCH3 is 1. The molecule has 1 aliphatic heterocycles. The Morgan fingerprint density at radius 3 is 2.79 bits per heavy atom. The van der Waals surface area contributed by atoms with Gasteiger partial charge in [0.2, 0.25) is 0 Å². The number of para-hydroxylation sites is 1. The van der Waals surface area contributed by atoms with E-state index in [9.17, 15) is 0 Å². The van der Waals surface area contributed by atoms with Crippen molar-refractivity contribution in [2.45, 2.75) is 19.9 Å². The molecular formula is C14H22BrClN2O. The van der Waals surface area contributed by atoms with E-state index >= 15 is 0 Å². The standard InChI is InChI=1S/C14H21BrN2O.ClH/c1-14(9-16)6-7-17(10-14)8-11-4-3-5-12(15)13(11)18-2;/h3-5H,6-10,16H2,1-2H3;1H. The lowest BCUT2D eigenvalue weighted by Crippen LogP contribution is -2.31. The number of rotatable bonds is 4. The van der Waals surface area contributed by atoms with Crippen molar-refractivity contribution in [1.82, 2.24) is 4.90 Å². The van der Waals surface area contributed by atoms with Gasteiger partial charge in [-0.1, -0.05) is 19.1 Å². The lowest BCUT2D eigenvalue weighted by atomic mass is 9.90. The zero-order valence-electron chi connectivity index (χ0n) is 11.5. The minimum Gasteiger partial charge on any atom is -0.495 e. The second kappa shape index (κ2) is 6.93. The first-order chi connectivity index (χ1) is 8.58. The van der Waals surface area contributed by atoms with Crippen LogP contribution in [0, 0.1) is 5.41 Å². The summed E-state index contributed by atoms with van der Waals surface area (Å²) >= 11 is 3.53. The van der Waals surface area contributed by atoms with Gasteiger partial charge in [0.15, 0.2) is 0 Å². The molecule has 2 N–H and O–H groups in total. The van der Waals surface area contributed by atoms with E-state index in [0.717, 1.165) is 36.4 Å². The first-order valence-corrected chi connectivity index (χ1v) is 7.11. The van der Waals surface area contributed by atoms with Crippen molar-refractivity contribution < 1.29 is 4.74 Å². The molecule has 1 aromatic carbocycles. The summed E-state index contributed by atoms with van der Waals surface area (Å²) in [6.45, 7) is 6.14. The predicted octanol–water partition coefficient (Wildman–Crippen LogP) is 3.05. The van der Waals surface area contributed by atoms with Crippen LogP contribution in [0.2, 0.25) is 0 Å². The molecule has 0 aliphatic carbocycles. The van der Waals surface area contributed by atoms with Crippen LogP contribution < -0.4 is 10.5 Å². The molecule has 1 saturated heterocycles. The van der Waals surface area contributed by atoms with Crippen LogP contribution >= 0.6 is 28.3 Å². The molecular weight excluding hydrogens is 328 g/mol. The fourth-order valence-corrected chi connectivity index (χ4v) is 3.14. The summed E-state index contributed by atoms with van der Waals surface area (Å²) in [5, 5.41) is 0. The zero-order chi connectivity index (χ0) is 13.2. The Balaban J connectivity index is 0.00000180. The van der Waals surface area contributed by atoms with E-state index in [4.69, 9.17) is 10.5 Å². The molecule has 3 nitrogen and oxygen atoms in total. The first kappa shape index (κ1) is 16.8. The Kier molecular flexibility index (Phi) is 6.12. The van der Waals surface area contributed by atoms with Gasteiger partial charge >= 0.3 is 0 Å². The molecule has 2 rings (SSSR count). The molecule has 0 aromatic heterocycles. The lowest BCUT2D eigenvalue weighted by molar-refractivity contribution is 0.270. The van der Waals surface area contributed by atoms with Crippen molar-refractivity contribution in [3.63, 3.8) is 0 Å². The fourth-order valence-electron chi connectivity index (χ4n) is 2.58. The molecule has 1 aliphatic rings. The Hall–Kier alpha value is -0.290. The number of likely N-dealkylation sites (tertiary alicyclic amines) is 1. The van der Waals surface area contributed by atoms with Crippen molar-refractivity contribution in [3.05, 3.63) is 28.2 Å². The molecule has 108 valence electrons. The van der Waals surface area contributed by atoms with Crippen molar-refractivity contribution in [2.24, 2.45) is 11.1 Å². The average Bonchev–Trinajstić information content (AvgIpc) is 2.72. The van der Waals surface area contributed by atoms with E-state index in [1.807, 2.05) is 6.07 Å². The van der Waals surface area contributed by atoms with Gasteiger partial charge in [-0.2, -0.15) is 0 Å². The van der Waals surface area contributed by atoms with E-state index in [-0.39, 0.29) is 17.8 Å². The molecule has 1 aromatic rings. The summed E-state index contributed by atoms with van der Waals surface area (Å²) in [5.41, 5.74) is 7.35. The van der Waals surface area contributed by atoms with E-state index in [1.54, 1.807) is 7.11 Å². The Labute approximate surface area is 130 Å². The third kappa shape index (κ3) is 3.85. The van der Waals surface area contributed by atoms with Gasteiger partial charge in [-0.05, 0) is 46.9 Å². The lowest BCUT2D eigenvalue weighted by Gasteiger charge is -2.23. The Morgan fingerprint density at radius 2 is 2.21 bits per heavy atom. The summed E-state index contributed by atoms with van der Waals surface area (Å²) in [7, 11) is 1.72. The highest BCUT2D eigenvalue weighted by molar-refractivity contribution is 9.10. The quantitative estimate of drug-likeness (QED) is 0.908. The zero-order valence-corrected chi connectivity index (χ0v) is 13.9. The minimum atomic E-state index is 0. The van der Waals surface area contributed by atoms with Crippen molar-refractivity contribution in [1.29, 1.82) is 0 Å². The Morgan fingerprint density at radius 1 is 1.47 bits per heavy atom. The van der Waals surface area contributed by atoms with Crippen LogP contribution in [-0.4, -0.2) is 31.6 Å². The molecule has 0 bridgehead atoms. The Bertz CT molecular complexity index is 430. The molecule has 5 heteroatoms. The van der Waals surface area contributed by atoms with Crippen molar-refractivity contribution in [2.75, 3.05) is 26.7 Å². The summed E-state index contributed by atoms with van der Waals surface area (Å²) in [4.78, 5) is 2.46. The van der Waals surface area contributed by atoms with Crippen LogP contribution in [0.25, 0.3) is 0 Å². The molecule has 1 fully saturated rings. The fraction of sp³-hybridized carbons (Fsp3) is 0.571. The molecule has 19 heavy (non-hydrogen) atoms. The second-order valence-electron chi connectivity index (χ2n) is 5.41. The highest BCUT2D eigenvalue weighted by atomic mass is 79.9. The number of ether oxygens (including phenoxy) is 1. The second-order valence-corrected chi connectivity index (χ2v) is 6.26. The van der Waals surface area contributed by atoms with Crippen molar-refractivity contribution >= 4 is 28.3 Å². The van der Waals surface area contributed by atoms with Crippen LogP contribution in [0.4, 0.5) is 0 Å². The minimum absolute atomic E-state index is 0. The van der Waals surface area contributed by atoms with E-state index in [2.05, 4.69) is 39.9 Å². The molecule has 0 saturated carbocycles. The topological polar surface area (TPSA) is 38.5 Å². The molecule has 0 amide bonds. The van der Waals surface area contributed by atoms with Crippen LogP contribution in [0.5, 0.6) is 5.75 Å². The maximum Gasteiger partial charge on any atom is 0.137 e. The van der Waals surface area contributed by atoms with Gasteiger partial charge < -0.3 is 10.5 Å². The predicted molar refractivity (Wildman–Crippen MR) is 85.0 cm³/mol. The number of nitrogens with two attached hydrogens (primary N) is 1.